The lowest BCUT2D eigenvalue weighted by Gasteiger charge is -2.11. The minimum absolute atomic E-state index is 0.0869. The molecule has 2 aromatic carbocycles. The predicted molar refractivity (Wildman–Crippen MR) is 142 cm³/mol. The van der Waals surface area contributed by atoms with Crippen LogP contribution in [0.25, 0.3) is 10.9 Å². The highest BCUT2D eigenvalue weighted by Crippen LogP contribution is 2.35. The van der Waals surface area contributed by atoms with E-state index >= 15 is 0 Å². The second kappa shape index (κ2) is 10.9. The molecule has 0 saturated heterocycles. The zero-order valence-corrected chi connectivity index (χ0v) is 22.1. The SMILES string of the molecule is COc1cccc2c1c(NS(=O)(=O)c1ccc(Cl)s1)nn2Cc1cccc(CNC(=O)C(C)CN)c1. The van der Waals surface area contributed by atoms with Gasteiger partial charge in [0.1, 0.15) is 9.96 Å². The van der Waals surface area contributed by atoms with E-state index in [1.807, 2.05) is 36.4 Å². The number of nitrogens with one attached hydrogen (secondary N) is 2. The van der Waals surface area contributed by atoms with E-state index in [2.05, 4.69) is 15.1 Å². The number of hydrogen-bond donors (Lipinski definition) is 3. The van der Waals surface area contributed by atoms with Gasteiger partial charge in [-0.3, -0.25) is 14.2 Å². The number of carbonyl (C=O) groups excluding carboxylic acids is 1. The third-order valence-corrected chi connectivity index (χ3v) is 8.66. The number of rotatable bonds is 10. The number of carbonyl (C=O) groups is 1. The second-order valence-corrected chi connectivity index (χ2v) is 11.8. The molecule has 1 amide bonds. The molecule has 4 rings (SSSR count). The molecule has 0 fully saturated rings. The van der Waals surface area contributed by atoms with E-state index in [0.717, 1.165) is 22.5 Å². The minimum Gasteiger partial charge on any atom is -0.496 e. The van der Waals surface area contributed by atoms with Gasteiger partial charge in [0.15, 0.2) is 5.82 Å². The zero-order chi connectivity index (χ0) is 25.9. The van der Waals surface area contributed by atoms with Crippen LogP contribution < -0.4 is 20.5 Å². The van der Waals surface area contributed by atoms with Gasteiger partial charge in [-0.15, -0.1) is 11.3 Å². The molecule has 36 heavy (non-hydrogen) atoms. The van der Waals surface area contributed by atoms with E-state index in [4.69, 9.17) is 22.1 Å². The van der Waals surface area contributed by atoms with Crippen molar-refractivity contribution in [2.24, 2.45) is 11.7 Å². The fourth-order valence-corrected chi connectivity index (χ4v) is 6.15. The lowest BCUT2D eigenvalue weighted by molar-refractivity contribution is -0.124. The predicted octanol–water partition coefficient (Wildman–Crippen LogP) is 3.82. The van der Waals surface area contributed by atoms with Crippen molar-refractivity contribution in [2.45, 2.75) is 24.2 Å². The molecule has 2 aromatic heterocycles. The fourth-order valence-electron chi connectivity index (χ4n) is 3.66. The first-order valence-electron chi connectivity index (χ1n) is 11.1. The first-order chi connectivity index (χ1) is 17.2. The van der Waals surface area contributed by atoms with Gasteiger partial charge >= 0.3 is 0 Å². The summed E-state index contributed by atoms with van der Waals surface area (Å²) in [4.78, 5) is 12.1. The third-order valence-electron chi connectivity index (χ3n) is 5.60. The van der Waals surface area contributed by atoms with Gasteiger partial charge in [0, 0.05) is 19.0 Å². The monoisotopic (exact) mass is 547 g/mol. The van der Waals surface area contributed by atoms with Gasteiger partial charge < -0.3 is 15.8 Å². The summed E-state index contributed by atoms with van der Waals surface area (Å²) in [5.74, 6) is 0.292. The number of anilines is 1. The molecular weight excluding hydrogens is 522 g/mol. The number of halogens is 1. The highest BCUT2D eigenvalue weighted by atomic mass is 35.5. The van der Waals surface area contributed by atoms with Crippen LogP contribution in [0.3, 0.4) is 0 Å². The number of sulfonamides is 1. The number of methoxy groups -OCH3 is 1. The summed E-state index contributed by atoms with van der Waals surface area (Å²) in [6, 6.07) is 16.1. The Morgan fingerprint density at radius 1 is 1.19 bits per heavy atom. The molecule has 0 spiro atoms. The van der Waals surface area contributed by atoms with E-state index in [9.17, 15) is 13.2 Å². The van der Waals surface area contributed by atoms with Crippen molar-refractivity contribution in [3.63, 3.8) is 0 Å². The number of aromatic nitrogens is 2. The fraction of sp³-hybridized carbons (Fsp3) is 0.250. The first kappa shape index (κ1) is 26.0. The van der Waals surface area contributed by atoms with Crippen LogP contribution in [0.5, 0.6) is 5.75 Å². The van der Waals surface area contributed by atoms with Gasteiger partial charge in [-0.1, -0.05) is 48.9 Å². The molecule has 0 radical (unpaired) electrons. The zero-order valence-electron chi connectivity index (χ0n) is 19.7. The lowest BCUT2D eigenvalue weighted by Crippen LogP contribution is -2.32. The molecule has 0 aliphatic rings. The maximum absolute atomic E-state index is 13.0. The van der Waals surface area contributed by atoms with E-state index in [-0.39, 0.29) is 28.4 Å². The quantitative estimate of drug-likeness (QED) is 0.277. The van der Waals surface area contributed by atoms with Gasteiger partial charge in [0.2, 0.25) is 5.91 Å². The first-order valence-corrected chi connectivity index (χ1v) is 13.8. The van der Waals surface area contributed by atoms with Gasteiger partial charge in [-0.25, -0.2) is 8.42 Å². The van der Waals surface area contributed by atoms with E-state index in [1.165, 1.54) is 19.2 Å². The molecule has 0 bridgehead atoms. The maximum Gasteiger partial charge on any atom is 0.272 e. The Morgan fingerprint density at radius 2 is 1.94 bits per heavy atom. The van der Waals surface area contributed by atoms with Gasteiger partial charge in [0.25, 0.3) is 10.0 Å². The van der Waals surface area contributed by atoms with Crippen LogP contribution in [0.2, 0.25) is 4.34 Å². The Kier molecular flexibility index (Phi) is 7.84. The van der Waals surface area contributed by atoms with Crippen LogP contribution in [0, 0.1) is 5.92 Å². The average Bonchev–Trinajstić information content (AvgIpc) is 3.46. The van der Waals surface area contributed by atoms with Crippen molar-refractivity contribution in [1.82, 2.24) is 15.1 Å². The Bertz CT molecular complexity index is 1500. The highest BCUT2D eigenvalue weighted by molar-refractivity contribution is 7.94. The van der Waals surface area contributed by atoms with Crippen LogP contribution in [0.15, 0.2) is 58.8 Å². The molecule has 190 valence electrons. The van der Waals surface area contributed by atoms with E-state index < -0.39 is 10.0 Å². The molecule has 1 atom stereocenters. The summed E-state index contributed by atoms with van der Waals surface area (Å²) in [5, 5.41) is 8.02. The Balaban J connectivity index is 1.64. The summed E-state index contributed by atoms with van der Waals surface area (Å²) >= 11 is 6.90. The molecular formula is C24H26ClN5O4S2. The van der Waals surface area contributed by atoms with Gasteiger partial charge in [-0.2, -0.15) is 5.10 Å². The molecule has 0 aliphatic heterocycles. The maximum atomic E-state index is 13.0. The third kappa shape index (κ3) is 5.65. The van der Waals surface area contributed by atoms with E-state index in [0.29, 0.717) is 34.1 Å². The number of fused-ring (bicyclic) bond motifs is 1. The number of amides is 1. The van der Waals surface area contributed by atoms with Crippen molar-refractivity contribution in [1.29, 1.82) is 0 Å². The molecule has 2 heterocycles. The summed E-state index contributed by atoms with van der Waals surface area (Å²) in [5.41, 5.74) is 8.12. The standard InChI is InChI=1S/C24H26ClN5O4S2/c1-15(12-26)24(31)27-13-16-5-3-6-17(11-16)14-30-18-7-4-8-19(34-2)22(18)23(28-30)29-36(32,33)21-10-9-20(25)35-21/h3-11,15H,12-14,26H2,1-2H3,(H,27,31)(H,28,29). The van der Waals surface area contributed by atoms with Crippen molar-refractivity contribution >= 4 is 55.6 Å². The lowest BCUT2D eigenvalue weighted by atomic mass is 10.1. The van der Waals surface area contributed by atoms with Gasteiger partial charge in [0.05, 0.1) is 28.9 Å². The van der Waals surface area contributed by atoms with Gasteiger partial charge in [-0.05, 0) is 35.4 Å². The topological polar surface area (TPSA) is 128 Å². The second-order valence-electron chi connectivity index (χ2n) is 8.20. The van der Waals surface area contributed by atoms with Crippen LogP contribution in [0.1, 0.15) is 18.1 Å². The summed E-state index contributed by atoms with van der Waals surface area (Å²) in [6.45, 7) is 2.81. The molecule has 1 unspecified atom stereocenters. The van der Waals surface area contributed by atoms with Crippen LogP contribution in [-0.4, -0.2) is 37.8 Å². The Labute approximate surface area is 218 Å². The largest absolute Gasteiger partial charge is 0.496 e. The average molecular weight is 548 g/mol. The number of hydrogen-bond acceptors (Lipinski definition) is 7. The molecule has 0 aliphatic carbocycles. The number of ether oxygens (including phenoxy) is 1. The van der Waals surface area contributed by atoms with E-state index in [1.54, 1.807) is 17.7 Å². The van der Waals surface area contributed by atoms with Crippen molar-refractivity contribution in [3.8, 4) is 5.75 Å². The number of benzene rings is 2. The molecule has 9 nitrogen and oxygen atoms in total. The normalized spacial score (nSPS) is 12.4. The molecule has 12 heteroatoms. The number of nitrogens with zero attached hydrogens (tertiary/aromatic N) is 2. The van der Waals surface area contributed by atoms with Crippen LogP contribution >= 0.6 is 22.9 Å². The Morgan fingerprint density at radius 3 is 2.64 bits per heavy atom. The molecule has 4 aromatic rings. The highest BCUT2D eigenvalue weighted by Gasteiger charge is 2.23. The van der Waals surface area contributed by atoms with Crippen molar-refractivity contribution < 1.29 is 17.9 Å². The summed E-state index contributed by atoms with van der Waals surface area (Å²) in [7, 11) is -2.38. The summed E-state index contributed by atoms with van der Waals surface area (Å²) < 4.78 is 36.2. The number of nitrogens with two attached hydrogens (primary N) is 1. The molecule has 4 N–H and O–H groups in total. The van der Waals surface area contributed by atoms with Crippen LogP contribution in [0.4, 0.5) is 5.82 Å². The summed E-state index contributed by atoms with van der Waals surface area (Å²) in [6.07, 6.45) is 0. The Hall–Kier alpha value is -3.12. The minimum atomic E-state index is -3.90. The van der Waals surface area contributed by atoms with Crippen molar-refractivity contribution in [3.05, 3.63) is 70.1 Å². The number of thiophene rings is 1. The van der Waals surface area contributed by atoms with Crippen LogP contribution in [-0.2, 0) is 27.9 Å². The van der Waals surface area contributed by atoms with Crippen molar-refractivity contribution in [2.75, 3.05) is 18.4 Å². The smallest absolute Gasteiger partial charge is 0.272 e. The molecule has 0 saturated carbocycles.